The highest BCUT2D eigenvalue weighted by Crippen LogP contribution is 2.33. The Kier molecular flexibility index (Phi) is 6.56. The monoisotopic (exact) mass is 411 g/mol. The van der Waals surface area contributed by atoms with Gasteiger partial charge in [0.05, 0.1) is 13.2 Å². The van der Waals surface area contributed by atoms with Crippen molar-refractivity contribution in [3.05, 3.63) is 42.0 Å². The summed E-state index contributed by atoms with van der Waals surface area (Å²) in [5.41, 5.74) is 2.44. The molecule has 8 heteroatoms. The van der Waals surface area contributed by atoms with Crippen LogP contribution in [0.3, 0.4) is 0 Å². The van der Waals surface area contributed by atoms with E-state index in [1.54, 1.807) is 7.11 Å². The van der Waals surface area contributed by atoms with E-state index in [9.17, 15) is 0 Å². The maximum Gasteiger partial charge on any atom is 0.253 e. The summed E-state index contributed by atoms with van der Waals surface area (Å²) in [4.78, 5) is 4.89. The molecule has 1 saturated heterocycles. The van der Waals surface area contributed by atoms with Gasteiger partial charge in [0.15, 0.2) is 0 Å². The first kappa shape index (κ1) is 20.7. The van der Waals surface area contributed by atoms with Crippen LogP contribution in [-0.2, 0) is 11.3 Å². The van der Waals surface area contributed by atoms with Crippen molar-refractivity contribution in [1.82, 2.24) is 25.2 Å². The van der Waals surface area contributed by atoms with Crippen molar-refractivity contribution in [1.29, 1.82) is 0 Å². The first-order valence-electron chi connectivity index (χ1n) is 10.5. The van der Waals surface area contributed by atoms with E-state index in [1.807, 2.05) is 37.3 Å². The van der Waals surface area contributed by atoms with Crippen LogP contribution in [0.1, 0.15) is 25.0 Å². The Morgan fingerprint density at radius 3 is 2.77 bits per heavy atom. The molecule has 8 nitrogen and oxygen atoms in total. The number of piperazine rings is 1. The standard InChI is InChI=1S/C22H29N5O3/c1-4-18-14-26(10-11-27(18)12-13-28-3)15-19-23-24-22(29-19)20-16(2)30-25-21(20)17-8-6-5-7-9-17/h5-9,18H,4,10-15H2,1-3H3. The van der Waals surface area contributed by atoms with E-state index in [0.29, 0.717) is 30.1 Å². The molecule has 1 atom stereocenters. The summed E-state index contributed by atoms with van der Waals surface area (Å²) >= 11 is 0. The molecule has 1 aliphatic heterocycles. The van der Waals surface area contributed by atoms with Gasteiger partial charge in [0, 0.05) is 44.9 Å². The van der Waals surface area contributed by atoms with Gasteiger partial charge in [0.2, 0.25) is 5.89 Å². The fourth-order valence-corrected chi connectivity index (χ4v) is 4.02. The average Bonchev–Trinajstić information content (AvgIpc) is 3.39. The molecule has 1 aliphatic rings. The Morgan fingerprint density at radius 2 is 2.00 bits per heavy atom. The highest BCUT2D eigenvalue weighted by Gasteiger charge is 2.27. The second kappa shape index (κ2) is 9.51. The van der Waals surface area contributed by atoms with Gasteiger partial charge in [-0.3, -0.25) is 9.80 Å². The minimum Gasteiger partial charge on any atom is -0.419 e. The third kappa shape index (κ3) is 4.45. The lowest BCUT2D eigenvalue weighted by atomic mass is 10.1. The molecule has 0 aliphatic carbocycles. The zero-order valence-corrected chi connectivity index (χ0v) is 17.9. The molecule has 0 radical (unpaired) electrons. The van der Waals surface area contributed by atoms with Gasteiger partial charge in [0.1, 0.15) is 17.0 Å². The molecule has 1 unspecified atom stereocenters. The van der Waals surface area contributed by atoms with Crippen molar-refractivity contribution in [3.8, 4) is 22.7 Å². The SMILES string of the molecule is CCC1CN(Cc2nnc(-c3c(-c4ccccc4)noc3C)o2)CCN1CCOC. The lowest BCUT2D eigenvalue weighted by Crippen LogP contribution is -2.53. The van der Waals surface area contributed by atoms with Crippen LogP contribution in [0.15, 0.2) is 39.3 Å². The maximum atomic E-state index is 6.04. The molecule has 0 amide bonds. The second-order valence-electron chi connectivity index (χ2n) is 7.66. The molecular formula is C22H29N5O3. The Morgan fingerprint density at radius 1 is 1.17 bits per heavy atom. The summed E-state index contributed by atoms with van der Waals surface area (Å²) in [5.74, 6) is 1.74. The van der Waals surface area contributed by atoms with Crippen LogP contribution < -0.4 is 0 Å². The molecule has 1 fully saturated rings. The quantitative estimate of drug-likeness (QED) is 0.559. The molecule has 0 spiro atoms. The molecule has 2 aromatic heterocycles. The normalized spacial score (nSPS) is 18.2. The number of ether oxygens (including phenoxy) is 1. The van der Waals surface area contributed by atoms with Crippen LogP contribution in [0.5, 0.6) is 0 Å². The van der Waals surface area contributed by atoms with Crippen molar-refractivity contribution in [3.63, 3.8) is 0 Å². The van der Waals surface area contributed by atoms with E-state index >= 15 is 0 Å². The largest absolute Gasteiger partial charge is 0.419 e. The summed E-state index contributed by atoms with van der Waals surface area (Å²) in [6, 6.07) is 10.4. The van der Waals surface area contributed by atoms with E-state index in [-0.39, 0.29) is 0 Å². The van der Waals surface area contributed by atoms with Gasteiger partial charge >= 0.3 is 0 Å². The fraction of sp³-hybridized carbons (Fsp3) is 0.500. The fourth-order valence-electron chi connectivity index (χ4n) is 4.02. The molecule has 0 saturated carbocycles. The zero-order chi connectivity index (χ0) is 20.9. The molecule has 0 N–H and O–H groups in total. The molecule has 4 rings (SSSR count). The highest BCUT2D eigenvalue weighted by molar-refractivity contribution is 5.77. The first-order chi connectivity index (χ1) is 14.7. The predicted molar refractivity (Wildman–Crippen MR) is 113 cm³/mol. The number of hydrogen-bond donors (Lipinski definition) is 0. The lowest BCUT2D eigenvalue weighted by molar-refractivity contribution is 0.0432. The minimum atomic E-state index is 0.452. The summed E-state index contributed by atoms with van der Waals surface area (Å²) in [6.45, 7) is 9.47. The van der Waals surface area contributed by atoms with Gasteiger partial charge in [-0.1, -0.05) is 42.4 Å². The molecular weight excluding hydrogens is 382 g/mol. The van der Waals surface area contributed by atoms with Crippen LogP contribution in [0.2, 0.25) is 0 Å². The zero-order valence-electron chi connectivity index (χ0n) is 17.9. The summed E-state index contributed by atoms with van der Waals surface area (Å²) in [5, 5.41) is 12.8. The number of aryl methyl sites for hydroxylation is 1. The second-order valence-corrected chi connectivity index (χ2v) is 7.66. The third-order valence-corrected chi connectivity index (χ3v) is 5.69. The smallest absolute Gasteiger partial charge is 0.253 e. The third-order valence-electron chi connectivity index (χ3n) is 5.69. The number of hydrogen-bond acceptors (Lipinski definition) is 8. The number of aromatic nitrogens is 3. The van der Waals surface area contributed by atoms with Crippen molar-refractivity contribution < 1.29 is 13.7 Å². The maximum absolute atomic E-state index is 6.04. The van der Waals surface area contributed by atoms with Crippen molar-refractivity contribution in [2.75, 3.05) is 39.9 Å². The number of nitrogens with zero attached hydrogens (tertiary/aromatic N) is 5. The van der Waals surface area contributed by atoms with Crippen LogP contribution in [0.4, 0.5) is 0 Å². The molecule has 1 aromatic carbocycles. The van der Waals surface area contributed by atoms with Gasteiger partial charge in [-0.05, 0) is 13.3 Å². The molecule has 3 aromatic rings. The lowest BCUT2D eigenvalue weighted by Gasteiger charge is -2.40. The van der Waals surface area contributed by atoms with E-state index in [1.165, 1.54) is 0 Å². The van der Waals surface area contributed by atoms with Gasteiger partial charge in [-0.25, -0.2) is 0 Å². The summed E-state index contributed by atoms with van der Waals surface area (Å²) in [6.07, 6.45) is 1.11. The Labute approximate surface area is 176 Å². The minimum absolute atomic E-state index is 0.452. The number of methoxy groups -OCH3 is 1. The topological polar surface area (TPSA) is 80.7 Å². The Balaban J connectivity index is 1.47. The Hall–Kier alpha value is -2.55. The molecule has 3 heterocycles. The van der Waals surface area contributed by atoms with Crippen molar-refractivity contribution in [2.45, 2.75) is 32.9 Å². The Bertz CT molecular complexity index is 939. The van der Waals surface area contributed by atoms with Crippen LogP contribution in [0.25, 0.3) is 22.7 Å². The van der Waals surface area contributed by atoms with Gasteiger partial charge in [-0.2, -0.15) is 0 Å². The average molecular weight is 412 g/mol. The van der Waals surface area contributed by atoms with Crippen LogP contribution in [0, 0.1) is 6.92 Å². The van der Waals surface area contributed by atoms with E-state index in [2.05, 4.69) is 32.1 Å². The highest BCUT2D eigenvalue weighted by atomic mass is 16.5. The van der Waals surface area contributed by atoms with Crippen LogP contribution >= 0.6 is 0 Å². The summed E-state index contributed by atoms with van der Waals surface area (Å²) < 4.78 is 16.7. The predicted octanol–water partition coefficient (Wildman–Crippen LogP) is 3.24. The molecule has 0 bridgehead atoms. The van der Waals surface area contributed by atoms with E-state index in [0.717, 1.165) is 56.0 Å². The van der Waals surface area contributed by atoms with Crippen molar-refractivity contribution in [2.24, 2.45) is 0 Å². The van der Waals surface area contributed by atoms with E-state index in [4.69, 9.17) is 13.7 Å². The molecule has 160 valence electrons. The summed E-state index contributed by atoms with van der Waals surface area (Å²) in [7, 11) is 1.75. The van der Waals surface area contributed by atoms with Gasteiger partial charge < -0.3 is 13.7 Å². The van der Waals surface area contributed by atoms with E-state index < -0.39 is 0 Å². The van der Waals surface area contributed by atoms with Crippen LogP contribution in [-0.4, -0.2) is 71.1 Å². The number of rotatable bonds is 8. The first-order valence-corrected chi connectivity index (χ1v) is 10.5. The van der Waals surface area contributed by atoms with Gasteiger partial charge in [0.25, 0.3) is 5.89 Å². The van der Waals surface area contributed by atoms with Gasteiger partial charge in [-0.15, -0.1) is 10.2 Å². The number of benzene rings is 1. The van der Waals surface area contributed by atoms with Crippen molar-refractivity contribution >= 4 is 0 Å². The molecule has 30 heavy (non-hydrogen) atoms.